The molecule has 0 saturated carbocycles. The Hall–Kier alpha value is -1.26. The Balaban J connectivity index is 2.20. The average Bonchev–Trinajstić information content (AvgIpc) is 2.80. The van der Waals surface area contributed by atoms with E-state index in [9.17, 15) is 4.79 Å². The molecule has 1 heterocycles. The van der Waals surface area contributed by atoms with Gasteiger partial charge in [0, 0.05) is 19.6 Å². The Kier molecular flexibility index (Phi) is 4.09. The van der Waals surface area contributed by atoms with Crippen LogP contribution in [0.3, 0.4) is 0 Å². The number of primary amides is 1. The van der Waals surface area contributed by atoms with Crippen molar-refractivity contribution in [3.63, 3.8) is 0 Å². The first kappa shape index (κ1) is 13.2. The van der Waals surface area contributed by atoms with Crippen LogP contribution in [0.15, 0.2) is 18.2 Å². The monoisotopic (exact) mass is 267 g/mol. The maximum Gasteiger partial charge on any atom is 0.252 e. The van der Waals surface area contributed by atoms with E-state index in [1.54, 1.807) is 6.07 Å². The van der Waals surface area contributed by atoms with Gasteiger partial charge in [-0.3, -0.25) is 4.79 Å². The standard InChI is InChI=1S/C13H18ClN3O/c1-17(8-9-4-3-7-16-9)11-6-2-5-10(14)12(11)13(15)18/h2,5-6,9,16H,3-4,7-8H2,1H3,(H2,15,18). The molecule has 2 rings (SSSR count). The lowest BCUT2D eigenvalue weighted by Gasteiger charge is -2.25. The van der Waals surface area contributed by atoms with Gasteiger partial charge >= 0.3 is 0 Å². The molecular weight excluding hydrogens is 250 g/mol. The van der Waals surface area contributed by atoms with E-state index in [1.165, 1.54) is 6.42 Å². The Morgan fingerprint density at radius 2 is 2.39 bits per heavy atom. The molecule has 18 heavy (non-hydrogen) atoms. The largest absolute Gasteiger partial charge is 0.372 e. The molecule has 0 radical (unpaired) electrons. The van der Waals surface area contributed by atoms with Crippen LogP contribution in [-0.2, 0) is 0 Å². The first-order valence-electron chi connectivity index (χ1n) is 6.12. The van der Waals surface area contributed by atoms with Crippen molar-refractivity contribution < 1.29 is 4.79 Å². The van der Waals surface area contributed by atoms with E-state index in [2.05, 4.69) is 5.32 Å². The van der Waals surface area contributed by atoms with E-state index < -0.39 is 5.91 Å². The summed E-state index contributed by atoms with van der Waals surface area (Å²) in [6.07, 6.45) is 2.37. The number of amides is 1. The Morgan fingerprint density at radius 3 is 3.00 bits per heavy atom. The third kappa shape index (κ3) is 2.76. The van der Waals surface area contributed by atoms with Crippen molar-refractivity contribution in [3.8, 4) is 0 Å². The SMILES string of the molecule is CN(CC1CCCN1)c1cccc(Cl)c1C(N)=O. The number of carbonyl (C=O) groups excluding carboxylic acids is 1. The topological polar surface area (TPSA) is 58.4 Å². The van der Waals surface area contributed by atoms with Crippen LogP contribution in [0.5, 0.6) is 0 Å². The summed E-state index contributed by atoms with van der Waals surface area (Å²) in [4.78, 5) is 13.5. The Morgan fingerprint density at radius 1 is 1.61 bits per heavy atom. The summed E-state index contributed by atoms with van der Waals surface area (Å²) in [5.41, 5.74) is 6.59. The fourth-order valence-corrected chi connectivity index (χ4v) is 2.68. The third-order valence-corrected chi connectivity index (χ3v) is 3.62. The van der Waals surface area contributed by atoms with Gasteiger partial charge in [-0.25, -0.2) is 0 Å². The summed E-state index contributed by atoms with van der Waals surface area (Å²) in [6, 6.07) is 5.87. The second-order valence-electron chi connectivity index (χ2n) is 4.67. The van der Waals surface area contributed by atoms with Gasteiger partial charge in [-0.15, -0.1) is 0 Å². The molecule has 1 atom stereocenters. The zero-order chi connectivity index (χ0) is 13.1. The number of rotatable bonds is 4. The molecule has 0 aromatic heterocycles. The van der Waals surface area contributed by atoms with Gasteiger partial charge in [0.25, 0.3) is 5.91 Å². The Labute approximate surface area is 112 Å². The van der Waals surface area contributed by atoms with Crippen LogP contribution in [-0.4, -0.2) is 32.1 Å². The molecule has 0 spiro atoms. The molecule has 5 heteroatoms. The lowest BCUT2D eigenvalue weighted by atomic mass is 10.1. The first-order valence-corrected chi connectivity index (χ1v) is 6.50. The predicted molar refractivity (Wildman–Crippen MR) is 74.3 cm³/mol. The number of likely N-dealkylation sites (N-methyl/N-ethyl adjacent to an activating group) is 1. The predicted octanol–water partition coefficient (Wildman–Crippen LogP) is 1.63. The van der Waals surface area contributed by atoms with Gasteiger partial charge in [0.05, 0.1) is 16.3 Å². The molecule has 1 amide bonds. The molecule has 98 valence electrons. The maximum absolute atomic E-state index is 11.5. The zero-order valence-electron chi connectivity index (χ0n) is 10.4. The highest BCUT2D eigenvalue weighted by atomic mass is 35.5. The molecule has 1 aromatic carbocycles. The van der Waals surface area contributed by atoms with Crippen molar-refractivity contribution in [1.29, 1.82) is 0 Å². The molecule has 1 aliphatic heterocycles. The van der Waals surface area contributed by atoms with E-state index >= 15 is 0 Å². The van der Waals surface area contributed by atoms with Gasteiger partial charge in [-0.2, -0.15) is 0 Å². The number of hydrogen-bond donors (Lipinski definition) is 2. The molecular formula is C13H18ClN3O. The first-order chi connectivity index (χ1) is 8.59. The van der Waals surface area contributed by atoms with Crippen LogP contribution in [0.2, 0.25) is 5.02 Å². The lowest BCUT2D eigenvalue weighted by molar-refractivity contribution is 0.100. The van der Waals surface area contributed by atoms with Gasteiger partial charge in [0.15, 0.2) is 0 Å². The van der Waals surface area contributed by atoms with E-state index in [0.29, 0.717) is 16.6 Å². The third-order valence-electron chi connectivity index (χ3n) is 3.31. The summed E-state index contributed by atoms with van der Waals surface area (Å²) in [5, 5.41) is 3.84. The summed E-state index contributed by atoms with van der Waals surface area (Å²) >= 11 is 6.04. The normalized spacial score (nSPS) is 18.9. The van der Waals surface area contributed by atoms with Crippen LogP contribution in [0.1, 0.15) is 23.2 Å². The molecule has 3 N–H and O–H groups in total. The summed E-state index contributed by atoms with van der Waals surface area (Å²) in [7, 11) is 1.96. The number of halogens is 1. The van der Waals surface area contributed by atoms with Gasteiger partial charge in [0.1, 0.15) is 0 Å². The maximum atomic E-state index is 11.5. The molecule has 1 aliphatic rings. The number of anilines is 1. The minimum absolute atomic E-state index is 0.402. The quantitative estimate of drug-likeness (QED) is 0.872. The molecule has 1 aromatic rings. The molecule has 1 fully saturated rings. The Bertz CT molecular complexity index is 444. The number of benzene rings is 1. The van der Waals surface area contributed by atoms with Crippen molar-refractivity contribution in [1.82, 2.24) is 5.32 Å². The van der Waals surface area contributed by atoms with Crippen LogP contribution in [0, 0.1) is 0 Å². The minimum atomic E-state index is -0.484. The summed E-state index contributed by atoms with van der Waals surface area (Å²) < 4.78 is 0. The zero-order valence-corrected chi connectivity index (χ0v) is 11.2. The van der Waals surface area contributed by atoms with E-state index in [-0.39, 0.29) is 0 Å². The van der Waals surface area contributed by atoms with E-state index in [1.807, 2.05) is 24.1 Å². The number of nitrogens with zero attached hydrogens (tertiary/aromatic N) is 1. The number of nitrogens with two attached hydrogens (primary N) is 1. The second kappa shape index (κ2) is 5.59. The second-order valence-corrected chi connectivity index (χ2v) is 5.08. The summed E-state index contributed by atoms with van der Waals surface area (Å²) in [6.45, 7) is 1.91. The van der Waals surface area contributed by atoms with Crippen LogP contribution < -0.4 is 16.0 Å². The van der Waals surface area contributed by atoms with Crippen molar-refractivity contribution >= 4 is 23.2 Å². The number of carbonyl (C=O) groups is 1. The highest BCUT2D eigenvalue weighted by molar-refractivity contribution is 6.34. The summed E-state index contributed by atoms with van der Waals surface area (Å²) in [5.74, 6) is -0.484. The molecule has 4 nitrogen and oxygen atoms in total. The fourth-order valence-electron chi connectivity index (χ4n) is 2.42. The highest BCUT2D eigenvalue weighted by Crippen LogP contribution is 2.27. The minimum Gasteiger partial charge on any atom is -0.372 e. The number of nitrogens with one attached hydrogen (secondary N) is 1. The average molecular weight is 268 g/mol. The highest BCUT2D eigenvalue weighted by Gasteiger charge is 2.20. The van der Waals surface area contributed by atoms with E-state index in [4.69, 9.17) is 17.3 Å². The van der Waals surface area contributed by atoms with E-state index in [0.717, 1.165) is 25.2 Å². The van der Waals surface area contributed by atoms with Gasteiger partial charge in [-0.05, 0) is 31.5 Å². The van der Waals surface area contributed by atoms with Crippen LogP contribution in [0.25, 0.3) is 0 Å². The molecule has 0 aliphatic carbocycles. The van der Waals surface area contributed by atoms with Crippen molar-refractivity contribution in [2.45, 2.75) is 18.9 Å². The molecule has 1 saturated heterocycles. The van der Waals surface area contributed by atoms with Crippen LogP contribution >= 0.6 is 11.6 Å². The molecule has 1 unspecified atom stereocenters. The smallest absolute Gasteiger partial charge is 0.252 e. The van der Waals surface area contributed by atoms with Gasteiger partial charge in [0.2, 0.25) is 0 Å². The lowest BCUT2D eigenvalue weighted by Crippen LogP contribution is -2.36. The fraction of sp³-hybridized carbons (Fsp3) is 0.462. The van der Waals surface area contributed by atoms with Crippen molar-refractivity contribution in [2.24, 2.45) is 5.73 Å². The van der Waals surface area contributed by atoms with Crippen molar-refractivity contribution in [2.75, 3.05) is 25.0 Å². The van der Waals surface area contributed by atoms with Gasteiger partial charge in [-0.1, -0.05) is 17.7 Å². The van der Waals surface area contributed by atoms with Gasteiger partial charge < -0.3 is 16.0 Å². The molecule has 0 bridgehead atoms. The van der Waals surface area contributed by atoms with Crippen molar-refractivity contribution in [3.05, 3.63) is 28.8 Å². The van der Waals surface area contributed by atoms with Crippen LogP contribution in [0.4, 0.5) is 5.69 Å². The number of hydrogen-bond acceptors (Lipinski definition) is 3.